The van der Waals surface area contributed by atoms with Crippen LogP contribution in [-0.2, 0) is 10.0 Å². The number of sulfonamides is 1. The van der Waals surface area contributed by atoms with Gasteiger partial charge in [0.2, 0.25) is 10.0 Å². The van der Waals surface area contributed by atoms with Crippen LogP contribution in [0.15, 0.2) is 23.1 Å². The van der Waals surface area contributed by atoms with Gasteiger partial charge in [0, 0.05) is 19.2 Å². The van der Waals surface area contributed by atoms with Gasteiger partial charge >= 0.3 is 5.69 Å². The molecule has 1 saturated carbocycles. The number of nitrogens with zero attached hydrogens (tertiary/aromatic N) is 2. The maximum atomic E-state index is 12.3. The molecule has 0 unspecified atom stereocenters. The van der Waals surface area contributed by atoms with Crippen molar-refractivity contribution < 1.29 is 18.1 Å². The van der Waals surface area contributed by atoms with Gasteiger partial charge in [0.15, 0.2) is 5.75 Å². The van der Waals surface area contributed by atoms with Gasteiger partial charge in [-0.05, 0) is 25.0 Å². The van der Waals surface area contributed by atoms with Crippen LogP contribution in [0.5, 0.6) is 5.75 Å². The molecule has 7 nitrogen and oxygen atoms in total. The van der Waals surface area contributed by atoms with E-state index in [-0.39, 0.29) is 22.4 Å². The van der Waals surface area contributed by atoms with Crippen LogP contribution in [0, 0.1) is 10.1 Å². The molecule has 0 aliphatic heterocycles. The molecule has 19 heavy (non-hydrogen) atoms. The molecule has 1 aliphatic rings. The maximum absolute atomic E-state index is 12.3. The lowest BCUT2D eigenvalue weighted by atomic mass is 10.3. The molecule has 0 saturated heterocycles. The first-order valence-corrected chi connectivity index (χ1v) is 7.12. The molecular formula is C11H14N2O5S. The molecule has 0 heterocycles. The van der Waals surface area contributed by atoms with E-state index in [2.05, 4.69) is 0 Å². The van der Waals surface area contributed by atoms with Gasteiger partial charge in [0.05, 0.1) is 16.9 Å². The van der Waals surface area contributed by atoms with Crippen LogP contribution in [0.2, 0.25) is 0 Å². The number of methoxy groups -OCH3 is 1. The SMILES string of the molecule is COc1ccc(S(=O)(=O)N(C)C2CC2)cc1[N+](=O)[O-]. The predicted molar refractivity (Wildman–Crippen MR) is 67.6 cm³/mol. The lowest BCUT2D eigenvalue weighted by Crippen LogP contribution is -2.28. The predicted octanol–water partition coefficient (Wildman–Crippen LogP) is 1.39. The molecule has 8 heteroatoms. The Morgan fingerprint density at radius 1 is 1.42 bits per heavy atom. The fraction of sp³-hybridized carbons (Fsp3) is 0.455. The number of ether oxygens (including phenoxy) is 1. The van der Waals surface area contributed by atoms with Gasteiger partial charge in [0.1, 0.15) is 0 Å². The summed E-state index contributed by atoms with van der Waals surface area (Å²) in [6, 6.07) is 3.66. The summed E-state index contributed by atoms with van der Waals surface area (Å²) >= 11 is 0. The summed E-state index contributed by atoms with van der Waals surface area (Å²) in [5.74, 6) is 0.0398. The Labute approximate surface area is 111 Å². The minimum Gasteiger partial charge on any atom is -0.490 e. The molecule has 0 atom stereocenters. The first-order chi connectivity index (χ1) is 8.87. The van der Waals surface area contributed by atoms with E-state index >= 15 is 0 Å². The van der Waals surface area contributed by atoms with Crippen molar-refractivity contribution in [3.63, 3.8) is 0 Å². The molecular weight excluding hydrogens is 272 g/mol. The summed E-state index contributed by atoms with van der Waals surface area (Å²) in [4.78, 5) is 10.1. The van der Waals surface area contributed by atoms with E-state index in [1.165, 1.54) is 30.6 Å². The van der Waals surface area contributed by atoms with Gasteiger partial charge in [0.25, 0.3) is 0 Å². The van der Waals surface area contributed by atoms with Crippen molar-refractivity contribution in [3.8, 4) is 5.75 Å². The summed E-state index contributed by atoms with van der Waals surface area (Å²) in [5, 5.41) is 10.9. The molecule has 1 aromatic carbocycles. The average molecular weight is 286 g/mol. The fourth-order valence-corrected chi connectivity index (χ4v) is 3.21. The zero-order chi connectivity index (χ0) is 14.2. The van der Waals surface area contributed by atoms with Gasteiger partial charge < -0.3 is 4.74 Å². The number of nitro groups is 1. The highest BCUT2D eigenvalue weighted by Gasteiger charge is 2.35. The van der Waals surface area contributed by atoms with Gasteiger partial charge in [-0.3, -0.25) is 10.1 Å². The van der Waals surface area contributed by atoms with Crippen molar-refractivity contribution in [2.45, 2.75) is 23.8 Å². The van der Waals surface area contributed by atoms with Crippen molar-refractivity contribution in [2.75, 3.05) is 14.2 Å². The van der Waals surface area contributed by atoms with Crippen LogP contribution in [0.3, 0.4) is 0 Å². The highest BCUT2D eigenvalue weighted by Crippen LogP contribution is 2.34. The second-order valence-electron chi connectivity index (χ2n) is 4.34. The van der Waals surface area contributed by atoms with Crippen LogP contribution >= 0.6 is 0 Å². The normalized spacial score (nSPS) is 15.5. The van der Waals surface area contributed by atoms with Crippen LogP contribution in [0.1, 0.15) is 12.8 Å². The summed E-state index contributed by atoms with van der Waals surface area (Å²) < 4.78 is 30.6. The third-order valence-electron chi connectivity index (χ3n) is 3.09. The summed E-state index contributed by atoms with van der Waals surface area (Å²) in [6.07, 6.45) is 1.65. The number of nitro benzene ring substituents is 1. The molecule has 2 rings (SSSR count). The molecule has 1 aromatic rings. The Hall–Kier alpha value is -1.67. The summed E-state index contributed by atoms with van der Waals surface area (Å²) in [5.41, 5.74) is -0.354. The minimum atomic E-state index is -3.68. The summed E-state index contributed by atoms with van der Waals surface area (Å²) in [6.45, 7) is 0. The molecule has 0 N–H and O–H groups in total. The first-order valence-electron chi connectivity index (χ1n) is 5.68. The second kappa shape index (κ2) is 4.78. The molecule has 0 amide bonds. The third-order valence-corrected chi connectivity index (χ3v) is 4.99. The highest BCUT2D eigenvalue weighted by atomic mass is 32.2. The highest BCUT2D eigenvalue weighted by molar-refractivity contribution is 7.89. The molecule has 1 aliphatic carbocycles. The van der Waals surface area contributed by atoms with E-state index in [1.54, 1.807) is 0 Å². The lowest BCUT2D eigenvalue weighted by Gasteiger charge is -2.16. The van der Waals surface area contributed by atoms with Crippen LogP contribution in [0.25, 0.3) is 0 Å². The Bertz CT molecular complexity index is 610. The van der Waals surface area contributed by atoms with E-state index in [1.807, 2.05) is 0 Å². The van der Waals surface area contributed by atoms with E-state index in [9.17, 15) is 18.5 Å². The van der Waals surface area contributed by atoms with Gasteiger partial charge in [-0.1, -0.05) is 0 Å². The van der Waals surface area contributed by atoms with Crippen molar-refractivity contribution in [2.24, 2.45) is 0 Å². The Balaban J connectivity index is 2.45. The zero-order valence-electron chi connectivity index (χ0n) is 10.6. The van der Waals surface area contributed by atoms with Gasteiger partial charge in [-0.25, -0.2) is 8.42 Å². The fourth-order valence-electron chi connectivity index (χ4n) is 1.77. The maximum Gasteiger partial charge on any atom is 0.312 e. The van der Waals surface area contributed by atoms with Crippen LogP contribution in [0.4, 0.5) is 5.69 Å². The molecule has 0 radical (unpaired) electrons. The second-order valence-corrected chi connectivity index (χ2v) is 6.34. The summed E-state index contributed by atoms with van der Waals surface area (Å²) in [7, 11) is -0.896. The first kappa shape index (κ1) is 13.8. The number of benzene rings is 1. The molecule has 1 fully saturated rings. The molecule has 0 aromatic heterocycles. The smallest absolute Gasteiger partial charge is 0.312 e. The van der Waals surface area contributed by atoms with Gasteiger partial charge in [-0.2, -0.15) is 4.31 Å². The van der Waals surface area contributed by atoms with Crippen molar-refractivity contribution in [1.82, 2.24) is 4.31 Å². The largest absolute Gasteiger partial charge is 0.490 e. The average Bonchev–Trinajstić information content (AvgIpc) is 3.21. The van der Waals surface area contributed by atoms with Gasteiger partial charge in [-0.15, -0.1) is 0 Å². The Morgan fingerprint density at radius 3 is 2.53 bits per heavy atom. The van der Waals surface area contributed by atoms with Crippen molar-refractivity contribution >= 4 is 15.7 Å². The molecule has 0 bridgehead atoms. The quantitative estimate of drug-likeness (QED) is 0.602. The third kappa shape index (κ3) is 2.54. The van der Waals surface area contributed by atoms with Crippen molar-refractivity contribution in [1.29, 1.82) is 0 Å². The number of hydrogen-bond acceptors (Lipinski definition) is 5. The molecule has 0 spiro atoms. The van der Waals surface area contributed by atoms with Crippen LogP contribution < -0.4 is 4.74 Å². The zero-order valence-corrected chi connectivity index (χ0v) is 11.4. The Kier molecular flexibility index (Phi) is 3.46. The monoisotopic (exact) mass is 286 g/mol. The standard InChI is InChI=1S/C11H14N2O5S/c1-12(8-3-4-8)19(16,17)9-5-6-11(18-2)10(7-9)13(14)15/h5-8H,3-4H2,1-2H3. The van der Waals surface area contributed by atoms with E-state index in [4.69, 9.17) is 4.74 Å². The number of hydrogen-bond donors (Lipinski definition) is 0. The molecule has 104 valence electrons. The van der Waals surface area contributed by atoms with E-state index < -0.39 is 14.9 Å². The minimum absolute atomic E-state index is 0.00570. The number of rotatable bonds is 5. The lowest BCUT2D eigenvalue weighted by molar-refractivity contribution is -0.386. The van der Waals surface area contributed by atoms with E-state index in [0.29, 0.717) is 0 Å². The topological polar surface area (TPSA) is 89.8 Å². The van der Waals surface area contributed by atoms with E-state index in [0.717, 1.165) is 18.9 Å². The Morgan fingerprint density at radius 2 is 2.05 bits per heavy atom. The van der Waals surface area contributed by atoms with Crippen LogP contribution in [-0.4, -0.2) is 37.8 Å². The van der Waals surface area contributed by atoms with Crippen molar-refractivity contribution in [3.05, 3.63) is 28.3 Å².